The van der Waals surface area contributed by atoms with Crippen molar-refractivity contribution < 1.29 is 0 Å². The van der Waals surface area contributed by atoms with Crippen molar-refractivity contribution in [3.63, 3.8) is 0 Å². The molecule has 0 heterocycles. The van der Waals surface area contributed by atoms with E-state index in [2.05, 4.69) is 5.43 Å². The van der Waals surface area contributed by atoms with E-state index >= 15 is 0 Å². The van der Waals surface area contributed by atoms with E-state index in [4.69, 9.17) is 5.84 Å². The SMILES string of the molecule is C/C=C\C=C/NN. The quantitative estimate of drug-likeness (QED) is 0.300. The second kappa shape index (κ2) is 5.24. The Kier molecular flexibility index (Phi) is 4.67. The molecular weight excluding hydrogens is 88.1 g/mol. The number of nitrogens with two attached hydrogens (primary N) is 1. The fourth-order valence-electron chi connectivity index (χ4n) is 0.222. The van der Waals surface area contributed by atoms with Crippen LogP contribution in [0, 0.1) is 0 Å². The van der Waals surface area contributed by atoms with Crippen molar-refractivity contribution in [3.8, 4) is 0 Å². The van der Waals surface area contributed by atoms with Gasteiger partial charge in [0.2, 0.25) is 0 Å². The molecule has 0 aromatic rings. The first-order chi connectivity index (χ1) is 3.41. The van der Waals surface area contributed by atoms with Crippen LogP contribution in [0.25, 0.3) is 0 Å². The molecule has 0 aromatic carbocycles. The van der Waals surface area contributed by atoms with Crippen molar-refractivity contribution in [2.75, 3.05) is 0 Å². The molecule has 0 aliphatic carbocycles. The van der Waals surface area contributed by atoms with Gasteiger partial charge in [0.1, 0.15) is 0 Å². The monoisotopic (exact) mass is 98.1 g/mol. The summed E-state index contributed by atoms with van der Waals surface area (Å²) in [5.74, 6) is 4.90. The number of allylic oxidation sites excluding steroid dienone is 3. The molecule has 2 nitrogen and oxygen atoms in total. The van der Waals surface area contributed by atoms with Gasteiger partial charge in [0.15, 0.2) is 0 Å². The molecule has 0 rings (SSSR count). The lowest BCUT2D eigenvalue weighted by Gasteiger charge is -1.78. The Morgan fingerprint density at radius 3 is 2.57 bits per heavy atom. The highest BCUT2D eigenvalue weighted by Crippen LogP contribution is 1.69. The maximum absolute atomic E-state index is 4.90. The zero-order valence-electron chi connectivity index (χ0n) is 4.39. The number of hydrogen-bond acceptors (Lipinski definition) is 2. The summed E-state index contributed by atoms with van der Waals surface area (Å²) < 4.78 is 0. The Morgan fingerprint density at radius 1 is 1.43 bits per heavy atom. The van der Waals surface area contributed by atoms with Gasteiger partial charge in [-0.1, -0.05) is 12.2 Å². The minimum Gasteiger partial charge on any atom is -0.331 e. The lowest BCUT2D eigenvalue weighted by Crippen LogP contribution is -2.12. The molecule has 0 atom stereocenters. The molecule has 0 radical (unpaired) electrons. The van der Waals surface area contributed by atoms with Crippen molar-refractivity contribution >= 4 is 0 Å². The summed E-state index contributed by atoms with van der Waals surface area (Å²) in [6, 6.07) is 0. The van der Waals surface area contributed by atoms with Gasteiger partial charge in [0.25, 0.3) is 0 Å². The van der Waals surface area contributed by atoms with E-state index < -0.39 is 0 Å². The fourth-order valence-corrected chi connectivity index (χ4v) is 0.222. The molecule has 2 heteroatoms. The summed E-state index contributed by atoms with van der Waals surface area (Å²) in [5, 5.41) is 0. The first-order valence-electron chi connectivity index (χ1n) is 2.15. The third-order valence-corrected chi connectivity index (χ3v) is 0.496. The minimum atomic E-state index is 1.65. The summed E-state index contributed by atoms with van der Waals surface area (Å²) in [7, 11) is 0. The van der Waals surface area contributed by atoms with Crippen molar-refractivity contribution in [2.45, 2.75) is 6.92 Å². The van der Waals surface area contributed by atoms with Gasteiger partial charge in [-0.2, -0.15) is 0 Å². The van der Waals surface area contributed by atoms with Crippen LogP contribution < -0.4 is 11.3 Å². The van der Waals surface area contributed by atoms with Gasteiger partial charge in [-0.15, -0.1) is 0 Å². The molecule has 0 bridgehead atoms. The van der Waals surface area contributed by atoms with Crippen LogP contribution in [0.4, 0.5) is 0 Å². The third-order valence-electron chi connectivity index (χ3n) is 0.496. The molecule has 0 saturated heterocycles. The zero-order valence-corrected chi connectivity index (χ0v) is 4.39. The van der Waals surface area contributed by atoms with Crippen LogP contribution in [0.2, 0.25) is 0 Å². The van der Waals surface area contributed by atoms with Gasteiger partial charge in [0.05, 0.1) is 0 Å². The van der Waals surface area contributed by atoms with E-state index in [9.17, 15) is 0 Å². The number of hydrazine groups is 1. The Balaban J connectivity index is 3.09. The Labute approximate surface area is 43.7 Å². The smallest absolute Gasteiger partial charge is 0.0122 e. The van der Waals surface area contributed by atoms with Crippen LogP contribution in [0.15, 0.2) is 24.4 Å². The van der Waals surface area contributed by atoms with Crippen LogP contribution in [0.3, 0.4) is 0 Å². The van der Waals surface area contributed by atoms with Gasteiger partial charge < -0.3 is 5.43 Å². The van der Waals surface area contributed by atoms with Crippen molar-refractivity contribution in [1.82, 2.24) is 5.43 Å². The number of hydrogen-bond donors (Lipinski definition) is 2. The largest absolute Gasteiger partial charge is 0.331 e. The Bertz CT molecular complexity index is 74.1. The van der Waals surface area contributed by atoms with Crippen LogP contribution in [0.5, 0.6) is 0 Å². The summed E-state index contributed by atoms with van der Waals surface area (Å²) in [4.78, 5) is 0. The van der Waals surface area contributed by atoms with Gasteiger partial charge in [-0.05, 0) is 13.0 Å². The Hall–Kier alpha value is -0.760. The Morgan fingerprint density at radius 2 is 2.14 bits per heavy atom. The zero-order chi connectivity index (χ0) is 5.54. The van der Waals surface area contributed by atoms with E-state index in [1.165, 1.54) is 0 Å². The average Bonchev–Trinajstić information content (AvgIpc) is 1.69. The van der Waals surface area contributed by atoms with E-state index in [0.29, 0.717) is 0 Å². The van der Waals surface area contributed by atoms with Gasteiger partial charge in [0, 0.05) is 6.20 Å². The second-order valence-electron chi connectivity index (χ2n) is 1.05. The van der Waals surface area contributed by atoms with E-state index in [1.807, 2.05) is 25.2 Å². The molecule has 0 aliphatic rings. The van der Waals surface area contributed by atoms with Crippen LogP contribution in [-0.2, 0) is 0 Å². The minimum absolute atomic E-state index is 1.65. The van der Waals surface area contributed by atoms with Gasteiger partial charge >= 0.3 is 0 Å². The highest BCUT2D eigenvalue weighted by Gasteiger charge is 1.54. The molecule has 0 fully saturated rings. The highest BCUT2D eigenvalue weighted by atomic mass is 15.2. The summed E-state index contributed by atoms with van der Waals surface area (Å²) in [6.07, 6.45) is 7.29. The molecule has 0 saturated carbocycles. The first kappa shape index (κ1) is 6.24. The van der Waals surface area contributed by atoms with Crippen molar-refractivity contribution in [2.24, 2.45) is 5.84 Å². The van der Waals surface area contributed by atoms with Gasteiger partial charge in [-0.25, -0.2) is 0 Å². The van der Waals surface area contributed by atoms with Crippen LogP contribution in [0.1, 0.15) is 6.92 Å². The molecule has 0 amide bonds. The lowest BCUT2D eigenvalue weighted by molar-refractivity contribution is 0.968. The predicted molar refractivity (Wildman–Crippen MR) is 31.3 cm³/mol. The lowest BCUT2D eigenvalue weighted by atomic mass is 10.5. The van der Waals surface area contributed by atoms with Crippen LogP contribution in [-0.4, -0.2) is 0 Å². The van der Waals surface area contributed by atoms with Gasteiger partial charge in [-0.3, -0.25) is 5.84 Å². The summed E-state index contributed by atoms with van der Waals surface area (Å²) in [6.45, 7) is 1.95. The van der Waals surface area contributed by atoms with E-state index in [-0.39, 0.29) is 0 Å². The fraction of sp³-hybridized carbons (Fsp3) is 0.200. The molecule has 0 aliphatic heterocycles. The summed E-state index contributed by atoms with van der Waals surface area (Å²) in [5.41, 5.74) is 2.37. The maximum atomic E-state index is 4.90. The number of nitrogens with one attached hydrogen (secondary N) is 1. The van der Waals surface area contributed by atoms with Crippen molar-refractivity contribution in [3.05, 3.63) is 24.4 Å². The maximum Gasteiger partial charge on any atom is 0.0122 e. The first-order valence-corrected chi connectivity index (χ1v) is 2.15. The second-order valence-corrected chi connectivity index (χ2v) is 1.05. The average molecular weight is 98.1 g/mol. The normalized spacial score (nSPS) is 11.1. The molecule has 40 valence electrons. The van der Waals surface area contributed by atoms with Crippen molar-refractivity contribution in [1.29, 1.82) is 0 Å². The molecule has 0 unspecified atom stereocenters. The molecule has 0 aromatic heterocycles. The van der Waals surface area contributed by atoms with Crippen LogP contribution >= 0.6 is 0 Å². The van der Waals surface area contributed by atoms with E-state index in [1.54, 1.807) is 6.20 Å². The molecule has 7 heavy (non-hydrogen) atoms. The standard InChI is InChI=1S/C5H10N2/c1-2-3-4-5-7-6/h2-5,7H,6H2,1H3/b3-2-,5-4-. The topological polar surface area (TPSA) is 38.0 Å². The number of rotatable bonds is 2. The third kappa shape index (κ3) is 5.24. The molecular formula is C5H10N2. The predicted octanol–water partition coefficient (Wildman–Crippen LogP) is 0.540. The van der Waals surface area contributed by atoms with E-state index in [0.717, 1.165) is 0 Å². The summed E-state index contributed by atoms with van der Waals surface area (Å²) >= 11 is 0. The molecule has 0 spiro atoms. The molecule has 3 N–H and O–H groups in total. The highest BCUT2D eigenvalue weighted by molar-refractivity contribution is 4.99.